The molecule has 1 heterocycles. The van der Waals surface area contributed by atoms with Crippen molar-refractivity contribution in [3.63, 3.8) is 0 Å². The maximum Gasteiger partial charge on any atom is 0.264 e. The number of aromatic nitrogens is 3. The second-order valence-corrected chi connectivity index (χ2v) is 6.73. The van der Waals surface area contributed by atoms with Crippen LogP contribution in [0.15, 0.2) is 69.3 Å². The number of hydrogen-bond donors (Lipinski definition) is 2. The lowest BCUT2D eigenvalue weighted by Gasteiger charge is -2.03. The summed E-state index contributed by atoms with van der Waals surface area (Å²) < 4.78 is 2.44. The Balaban J connectivity index is 1.60. The lowest BCUT2D eigenvalue weighted by atomic mass is 10.2. The molecule has 0 aliphatic rings. The Kier molecular flexibility index (Phi) is 5.50. The van der Waals surface area contributed by atoms with Gasteiger partial charge < -0.3 is 5.84 Å². The van der Waals surface area contributed by atoms with Gasteiger partial charge in [-0.3, -0.25) is 0 Å². The normalized spacial score (nSPS) is 11.0. The molecule has 3 rings (SSSR count). The highest BCUT2D eigenvalue weighted by atomic mass is 79.9. The number of hydrogen-bond acceptors (Lipinski definition) is 6. The topological polar surface area (TPSA) is 81.1 Å². The summed E-state index contributed by atoms with van der Waals surface area (Å²) in [6, 6.07) is 17.9. The Labute approximate surface area is 152 Å². The van der Waals surface area contributed by atoms with Gasteiger partial charge in [-0.05, 0) is 23.3 Å². The second-order valence-electron chi connectivity index (χ2n) is 4.88. The number of hydrazone groups is 1. The molecule has 0 aliphatic carbocycles. The van der Waals surface area contributed by atoms with Gasteiger partial charge >= 0.3 is 0 Å². The lowest BCUT2D eigenvalue weighted by molar-refractivity contribution is 0.847. The van der Waals surface area contributed by atoms with E-state index in [1.807, 2.05) is 42.5 Å². The van der Waals surface area contributed by atoms with Gasteiger partial charge in [-0.2, -0.15) is 5.10 Å². The number of nitrogens with zero attached hydrogens (tertiary/aromatic N) is 4. The molecule has 0 radical (unpaired) electrons. The van der Waals surface area contributed by atoms with Gasteiger partial charge in [-0.25, -0.2) is 10.1 Å². The molecule has 0 fully saturated rings. The van der Waals surface area contributed by atoms with E-state index in [4.69, 9.17) is 5.84 Å². The molecule has 3 aromatic rings. The molecule has 0 unspecified atom stereocenters. The van der Waals surface area contributed by atoms with Gasteiger partial charge in [0, 0.05) is 10.2 Å². The lowest BCUT2D eigenvalue weighted by Crippen LogP contribution is -2.13. The number of nitrogens with two attached hydrogens (primary N) is 1. The zero-order valence-corrected chi connectivity index (χ0v) is 15.0. The third kappa shape index (κ3) is 4.36. The molecular formula is C16H15BrN6S. The number of halogens is 1. The van der Waals surface area contributed by atoms with Crippen LogP contribution in [0, 0.1) is 0 Å². The van der Waals surface area contributed by atoms with E-state index in [1.165, 1.54) is 22.0 Å². The first-order valence-corrected chi connectivity index (χ1v) is 8.92. The first kappa shape index (κ1) is 16.5. The monoisotopic (exact) mass is 402 g/mol. The summed E-state index contributed by atoms with van der Waals surface area (Å²) in [5, 5.41) is 12.8. The van der Waals surface area contributed by atoms with Gasteiger partial charge in [0.2, 0.25) is 5.16 Å². The fraction of sp³-hybridized carbons (Fsp3) is 0.0625. The Morgan fingerprint density at radius 1 is 1.17 bits per heavy atom. The van der Waals surface area contributed by atoms with Crippen molar-refractivity contribution in [3.8, 4) is 0 Å². The number of nitrogens with one attached hydrogen (secondary N) is 1. The van der Waals surface area contributed by atoms with Crippen LogP contribution in [-0.2, 0) is 5.75 Å². The molecule has 3 N–H and O–H groups in total. The average molecular weight is 403 g/mol. The van der Waals surface area contributed by atoms with Crippen LogP contribution in [0.2, 0.25) is 0 Å². The average Bonchev–Trinajstić information content (AvgIpc) is 2.94. The van der Waals surface area contributed by atoms with Crippen molar-refractivity contribution in [2.24, 2.45) is 5.10 Å². The van der Waals surface area contributed by atoms with Crippen LogP contribution >= 0.6 is 27.7 Å². The van der Waals surface area contributed by atoms with Crippen LogP contribution in [0.1, 0.15) is 11.1 Å². The summed E-state index contributed by atoms with van der Waals surface area (Å²) in [6.07, 6.45) is 1.70. The van der Waals surface area contributed by atoms with Gasteiger partial charge in [0.15, 0.2) is 0 Å². The van der Waals surface area contributed by atoms with E-state index in [2.05, 4.69) is 48.8 Å². The van der Waals surface area contributed by atoms with Crippen LogP contribution in [0.5, 0.6) is 0 Å². The predicted octanol–water partition coefficient (Wildman–Crippen LogP) is 3.49. The Morgan fingerprint density at radius 3 is 2.79 bits per heavy atom. The van der Waals surface area contributed by atoms with Crippen molar-refractivity contribution in [1.82, 2.24) is 14.9 Å². The van der Waals surface area contributed by atoms with Crippen molar-refractivity contribution in [2.45, 2.75) is 10.9 Å². The number of thioether (sulfide) groups is 1. The van der Waals surface area contributed by atoms with Gasteiger partial charge in [0.25, 0.3) is 5.95 Å². The summed E-state index contributed by atoms with van der Waals surface area (Å²) in [5.41, 5.74) is 4.96. The summed E-state index contributed by atoms with van der Waals surface area (Å²) in [5.74, 6) is 7.14. The minimum atomic E-state index is 0.388. The maximum absolute atomic E-state index is 6.00. The highest BCUT2D eigenvalue weighted by Crippen LogP contribution is 2.23. The fourth-order valence-electron chi connectivity index (χ4n) is 1.93. The van der Waals surface area contributed by atoms with Crippen molar-refractivity contribution in [3.05, 3.63) is 70.2 Å². The fourth-order valence-corrected chi connectivity index (χ4v) is 3.18. The zero-order chi connectivity index (χ0) is 16.8. The third-order valence-corrected chi connectivity index (χ3v) is 4.61. The standard InChI is InChI=1S/C16H15BrN6S/c17-14-8-4-7-13(9-14)11-24-16-22-21-15(23(16)18)20-19-10-12-5-2-1-3-6-12/h1-10H,11,18H2,(H,20,21)/b19-10+. The first-order valence-electron chi connectivity index (χ1n) is 7.14. The molecule has 6 nitrogen and oxygen atoms in total. The molecular weight excluding hydrogens is 388 g/mol. The SMILES string of the molecule is Nn1c(N/N=C/c2ccccc2)nnc1SCc1cccc(Br)c1. The van der Waals surface area contributed by atoms with Crippen molar-refractivity contribution < 1.29 is 0 Å². The summed E-state index contributed by atoms with van der Waals surface area (Å²) >= 11 is 4.97. The summed E-state index contributed by atoms with van der Waals surface area (Å²) in [7, 11) is 0. The Hall–Kier alpha value is -2.32. The second kappa shape index (κ2) is 7.98. The van der Waals surface area contributed by atoms with E-state index in [-0.39, 0.29) is 0 Å². The molecule has 8 heteroatoms. The van der Waals surface area contributed by atoms with E-state index in [1.54, 1.807) is 6.21 Å². The molecule has 1 aromatic heterocycles. The highest BCUT2D eigenvalue weighted by molar-refractivity contribution is 9.10. The molecule has 0 saturated carbocycles. The summed E-state index contributed by atoms with van der Waals surface area (Å²) in [6.45, 7) is 0. The van der Waals surface area contributed by atoms with Gasteiger partial charge in [-0.1, -0.05) is 70.2 Å². The minimum Gasteiger partial charge on any atom is -0.334 e. The van der Waals surface area contributed by atoms with E-state index in [0.717, 1.165) is 15.8 Å². The van der Waals surface area contributed by atoms with Crippen molar-refractivity contribution >= 4 is 39.9 Å². The Bertz CT molecular complexity index is 834. The molecule has 0 amide bonds. The van der Waals surface area contributed by atoms with E-state index in [0.29, 0.717) is 11.1 Å². The van der Waals surface area contributed by atoms with Crippen molar-refractivity contribution in [1.29, 1.82) is 0 Å². The molecule has 0 spiro atoms. The number of anilines is 1. The van der Waals surface area contributed by atoms with Crippen LogP contribution < -0.4 is 11.3 Å². The van der Waals surface area contributed by atoms with Crippen LogP contribution in [0.3, 0.4) is 0 Å². The predicted molar refractivity (Wildman–Crippen MR) is 102 cm³/mol. The quantitative estimate of drug-likeness (QED) is 0.285. The zero-order valence-electron chi connectivity index (χ0n) is 12.6. The highest BCUT2D eigenvalue weighted by Gasteiger charge is 2.09. The Morgan fingerprint density at radius 2 is 2.00 bits per heavy atom. The maximum atomic E-state index is 6.00. The van der Waals surface area contributed by atoms with Gasteiger partial charge in [0.1, 0.15) is 0 Å². The molecule has 0 atom stereocenters. The molecule has 24 heavy (non-hydrogen) atoms. The first-order chi connectivity index (χ1) is 11.7. The molecule has 0 bridgehead atoms. The smallest absolute Gasteiger partial charge is 0.264 e. The van der Waals surface area contributed by atoms with Crippen molar-refractivity contribution in [2.75, 3.05) is 11.3 Å². The van der Waals surface area contributed by atoms with Gasteiger partial charge in [-0.15, -0.1) is 10.2 Å². The minimum absolute atomic E-state index is 0.388. The van der Waals surface area contributed by atoms with E-state index in [9.17, 15) is 0 Å². The van der Waals surface area contributed by atoms with Crippen LogP contribution in [0.4, 0.5) is 5.95 Å². The number of rotatable bonds is 6. The number of benzene rings is 2. The van der Waals surface area contributed by atoms with Crippen LogP contribution in [0.25, 0.3) is 0 Å². The molecule has 122 valence electrons. The summed E-state index contributed by atoms with van der Waals surface area (Å²) in [4.78, 5) is 0. The van der Waals surface area contributed by atoms with Crippen LogP contribution in [-0.4, -0.2) is 21.1 Å². The van der Waals surface area contributed by atoms with Gasteiger partial charge in [0.05, 0.1) is 6.21 Å². The molecule has 0 aliphatic heterocycles. The van der Waals surface area contributed by atoms with E-state index < -0.39 is 0 Å². The molecule has 0 saturated heterocycles. The number of nitrogen functional groups attached to an aromatic ring is 1. The largest absolute Gasteiger partial charge is 0.334 e. The van der Waals surface area contributed by atoms with E-state index >= 15 is 0 Å². The third-order valence-electron chi connectivity index (χ3n) is 3.10. The molecule has 2 aromatic carbocycles.